The van der Waals surface area contributed by atoms with Gasteiger partial charge >= 0.3 is 39.5 Å². The monoisotopic (exact) mass is 1520 g/mol. The Morgan fingerprint density at radius 1 is 0.283 bits per heavy atom. The molecular formula is C87H138O17P2. The van der Waals surface area contributed by atoms with E-state index >= 15 is 0 Å². The van der Waals surface area contributed by atoms with Crippen molar-refractivity contribution in [2.75, 3.05) is 39.6 Å². The average Bonchev–Trinajstić information content (AvgIpc) is 0.902. The molecule has 0 amide bonds. The summed E-state index contributed by atoms with van der Waals surface area (Å²) in [5.74, 6) is -2.43. The first kappa shape index (κ1) is 99.9. The maximum absolute atomic E-state index is 13.1. The highest BCUT2D eigenvalue weighted by atomic mass is 31.2. The lowest BCUT2D eigenvalue weighted by Crippen LogP contribution is -2.30. The van der Waals surface area contributed by atoms with Crippen molar-refractivity contribution in [3.63, 3.8) is 0 Å². The number of aliphatic hydroxyl groups excluding tert-OH is 1. The van der Waals surface area contributed by atoms with Crippen LogP contribution in [0.3, 0.4) is 0 Å². The fourth-order valence-corrected chi connectivity index (χ4v) is 11.2. The summed E-state index contributed by atoms with van der Waals surface area (Å²) in [6, 6.07) is 0. The number of rotatable bonds is 72. The normalized spacial score (nSPS) is 14.9. The Kier molecular flexibility index (Phi) is 72.6. The molecule has 5 atom stereocenters. The first-order chi connectivity index (χ1) is 51.7. The lowest BCUT2D eigenvalue weighted by atomic mass is 10.1. The maximum atomic E-state index is 13.1. The Morgan fingerprint density at radius 2 is 0.528 bits per heavy atom. The molecule has 0 aliphatic heterocycles. The van der Waals surface area contributed by atoms with Gasteiger partial charge in [-0.1, -0.05) is 273 Å². The van der Waals surface area contributed by atoms with Gasteiger partial charge in [-0.3, -0.25) is 37.3 Å². The number of allylic oxidation sites excluding steroid dienone is 31. The van der Waals surface area contributed by atoms with Crippen LogP contribution in [0, 0.1) is 0 Å². The lowest BCUT2D eigenvalue weighted by Gasteiger charge is -2.21. The number of aliphatic hydroxyl groups is 1. The fourth-order valence-electron chi connectivity index (χ4n) is 9.64. The molecule has 0 spiro atoms. The molecule has 0 saturated carbocycles. The maximum Gasteiger partial charge on any atom is 0.472 e. The zero-order valence-electron chi connectivity index (χ0n) is 65.3. The number of phosphoric acid groups is 2. The van der Waals surface area contributed by atoms with E-state index in [9.17, 15) is 43.2 Å². The fraction of sp³-hybridized carbons (Fsp3) is 0.586. The molecule has 598 valence electrons. The minimum Gasteiger partial charge on any atom is -0.462 e. The van der Waals surface area contributed by atoms with Gasteiger partial charge in [0.2, 0.25) is 0 Å². The van der Waals surface area contributed by atoms with Crippen molar-refractivity contribution in [2.45, 2.75) is 290 Å². The van der Waals surface area contributed by atoms with E-state index in [2.05, 4.69) is 198 Å². The summed E-state index contributed by atoms with van der Waals surface area (Å²) in [6.07, 6.45) is 94.5. The van der Waals surface area contributed by atoms with Crippen LogP contribution in [0.25, 0.3) is 0 Å². The summed E-state index contributed by atoms with van der Waals surface area (Å²) in [5.41, 5.74) is 0. The second-order valence-corrected chi connectivity index (χ2v) is 28.4. The topological polar surface area (TPSA) is 237 Å². The minimum atomic E-state index is -5.02. The van der Waals surface area contributed by atoms with Crippen molar-refractivity contribution in [1.29, 1.82) is 0 Å². The summed E-state index contributed by atoms with van der Waals surface area (Å²) in [6.45, 7) is 4.27. The molecular weight excluding hydrogens is 1380 g/mol. The van der Waals surface area contributed by atoms with Gasteiger partial charge < -0.3 is 33.8 Å². The number of esters is 4. The molecule has 0 fully saturated rings. The molecule has 19 heteroatoms. The summed E-state index contributed by atoms with van der Waals surface area (Å²) in [7, 11) is -10.0. The van der Waals surface area contributed by atoms with Gasteiger partial charge in [-0.25, -0.2) is 9.13 Å². The molecule has 0 aromatic heterocycles. The zero-order chi connectivity index (χ0) is 77.4. The van der Waals surface area contributed by atoms with Crippen molar-refractivity contribution in [2.24, 2.45) is 0 Å². The van der Waals surface area contributed by atoms with E-state index in [0.29, 0.717) is 32.1 Å². The molecule has 0 radical (unpaired) electrons. The van der Waals surface area contributed by atoms with Crippen LogP contribution < -0.4 is 0 Å². The number of ether oxygens (including phenoxy) is 4. The van der Waals surface area contributed by atoms with Crippen molar-refractivity contribution >= 4 is 39.5 Å². The van der Waals surface area contributed by atoms with Crippen LogP contribution >= 0.6 is 15.6 Å². The van der Waals surface area contributed by atoms with E-state index in [4.69, 9.17) is 37.0 Å². The average molecular weight is 1520 g/mol. The Bertz CT molecular complexity index is 2780. The number of hydrogen-bond donors (Lipinski definition) is 3. The molecule has 0 aliphatic carbocycles. The molecule has 0 aliphatic rings. The van der Waals surface area contributed by atoms with Crippen molar-refractivity contribution in [3.05, 3.63) is 194 Å². The van der Waals surface area contributed by atoms with Crippen LogP contribution in [-0.4, -0.2) is 96.7 Å². The number of hydrogen-bond acceptors (Lipinski definition) is 15. The minimum absolute atomic E-state index is 0.0262. The number of carbonyl (C=O) groups excluding carboxylic acids is 4. The Balaban J connectivity index is 5.51. The molecule has 0 heterocycles. The smallest absolute Gasteiger partial charge is 0.462 e. The Hall–Kier alpha value is -6.10. The van der Waals surface area contributed by atoms with Crippen molar-refractivity contribution in [3.8, 4) is 0 Å². The zero-order valence-corrected chi connectivity index (χ0v) is 67.1. The Labute approximate surface area is 640 Å². The summed E-state index contributed by atoms with van der Waals surface area (Å²) >= 11 is 0. The number of carbonyl (C=O) groups is 4. The molecule has 0 saturated heterocycles. The van der Waals surface area contributed by atoms with E-state index in [1.807, 2.05) is 12.2 Å². The van der Waals surface area contributed by atoms with Gasteiger partial charge in [0.25, 0.3) is 0 Å². The molecule has 0 bridgehead atoms. The van der Waals surface area contributed by atoms with Crippen LogP contribution in [0.4, 0.5) is 0 Å². The van der Waals surface area contributed by atoms with Gasteiger partial charge in [-0.05, 0) is 167 Å². The first-order valence-corrected chi connectivity index (χ1v) is 42.7. The van der Waals surface area contributed by atoms with Gasteiger partial charge in [0, 0.05) is 19.3 Å². The van der Waals surface area contributed by atoms with Crippen LogP contribution in [0.2, 0.25) is 0 Å². The second-order valence-electron chi connectivity index (χ2n) is 25.5. The summed E-state index contributed by atoms with van der Waals surface area (Å²) in [5, 5.41) is 10.6. The molecule has 17 nitrogen and oxygen atoms in total. The van der Waals surface area contributed by atoms with E-state index in [1.165, 1.54) is 19.3 Å². The molecule has 3 N–H and O–H groups in total. The third-order valence-corrected chi connectivity index (χ3v) is 17.5. The predicted octanol–water partition coefficient (Wildman–Crippen LogP) is 23.3. The van der Waals surface area contributed by atoms with E-state index < -0.39 is 97.5 Å². The van der Waals surface area contributed by atoms with Crippen LogP contribution in [-0.2, 0) is 65.4 Å². The summed E-state index contributed by atoms with van der Waals surface area (Å²) < 4.78 is 68.4. The first-order valence-electron chi connectivity index (χ1n) is 39.7. The highest BCUT2D eigenvalue weighted by Crippen LogP contribution is 2.45. The number of unbranched alkanes of at least 4 members (excludes halogenated alkanes) is 15. The quantitative estimate of drug-likeness (QED) is 0.0169. The molecule has 106 heavy (non-hydrogen) atoms. The standard InChI is InChI=1S/C87H138O17P2/c1-5-9-13-17-21-25-29-33-37-39-40-42-46-48-52-56-60-64-68-72-85(90)98-78-83(104-87(92)74-70-66-62-58-54-50-44-36-32-28-24-20-16-12-8-4)80-102-106(95,96)100-76-81(88)75-99-105(93,94)101-79-82(103-86(91)73-69-65-61-57-53-49-43-35-31-27-23-19-15-11-7-3)77-97-84(89)71-67-63-59-55-51-47-45-41-38-34-30-26-22-18-14-10-6-2/h10-12,14-16,21-28,33-38,40,42-45,47,53-54,57-58,66,70,81-83,88H,5-9,13,17-20,29-32,39,41,46,48-52,55-56,59-65,67-69,71-80H2,1-4H3,(H,93,94)(H,95,96)/b14-10-,15-11-,16-12-,25-21-,26-22-,27-23-,28-24-,37-33-,38-34-,42-40-,43-35-,44-36-,47-45-,57-53-,58-54-,70-66-. The van der Waals surface area contributed by atoms with Gasteiger partial charge in [-0.2, -0.15) is 0 Å². The van der Waals surface area contributed by atoms with Gasteiger partial charge in [-0.15, -0.1) is 0 Å². The van der Waals surface area contributed by atoms with Gasteiger partial charge in [0.1, 0.15) is 19.3 Å². The van der Waals surface area contributed by atoms with Crippen molar-refractivity contribution < 1.29 is 80.2 Å². The van der Waals surface area contributed by atoms with E-state index in [-0.39, 0.29) is 25.7 Å². The predicted molar refractivity (Wildman–Crippen MR) is 436 cm³/mol. The SMILES string of the molecule is CC/C=C\C/C=C\C/C=C\C/C=C\C/C=C\CC(=O)OC(COC(=O)CCCCCCCC/C=C\C/C=C\C/C=C\CCCCC)COP(=O)(O)OCC(O)COP(=O)(O)OCC(COC(=O)CCCCCC/C=C\C/C=C\C/C=C\C/C=C\CC)OC(=O)CCCC/C=C\C/C=C\C/C=C\C/C=C\CC. The van der Waals surface area contributed by atoms with Crippen LogP contribution in [0.1, 0.15) is 272 Å². The van der Waals surface area contributed by atoms with E-state index in [1.54, 1.807) is 12.2 Å². The van der Waals surface area contributed by atoms with Crippen molar-refractivity contribution in [1.82, 2.24) is 0 Å². The van der Waals surface area contributed by atoms with Crippen LogP contribution in [0.15, 0.2) is 194 Å². The van der Waals surface area contributed by atoms with Crippen LogP contribution in [0.5, 0.6) is 0 Å². The number of phosphoric ester groups is 2. The highest BCUT2D eigenvalue weighted by molar-refractivity contribution is 7.47. The second kappa shape index (κ2) is 77.1. The molecule has 0 aromatic rings. The molecule has 5 unspecified atom stereocenters. The molecule has 0 rings (SSSR count). The molecule has 0 aromatic carbocycles. The van der Waals surface area contributed by atoms with Gasteiger partial charge in [0.15, 0.2) is 12.2 Å². The highest BCUT2D eigenvalue weighted by Gasteiger charge is 2.30. The van der Waals surface area contributed by atoms with Gasteiger partial charge in [0.05, 0.1) is 32.8 Å². The van der Waals surface area contributed by atoms with E-state index in [0.717, 1.165) is 167 Å². The summed E-state index contributed by atoms with van der Waals surface area (Å²) in [4.78, 5) is 73.0. The Morgan fingerprint density at radius 3 is 0.858 bits per heavy atom. The largest absolute Gasteiger partial charge is 0.472 e. The third kappa shape index (κ3) is 76.1. The lowest BCUT2D eigenvalue weighted by molar-refractivity contribution is -0.161. The third-order valence-electron chi connectivity index (χ3n) is 15.6.